The third-order valence-corrected chi connectivity index (χ3v) is 5.63. The fraction of sp³-hybridized carbons (Fsp3) is 0. The van der Waals surface area contributed by atoms with Crippen molar-refractivity contribution in [3.8, 4) is 22.9 Å². The van der Waals surface area contributed by atoms with Crippen LogP contribution in [0.1, 0.15) is 0 Å². The van der Waals surface area contributed by atoms with Crippen molar-refractivity contribution in [2.75, 3.05) is 0 Å². The van der Waals surface area contributed by atoms with Crippen molar-refractivity contribution in [1.82, 2.24) is 20.2 Å². The van der Waals surface area contributed by atoms with Crippen LogP contribution in [0.2, 0.25) is 0 Å². The number of fused-ring (bicyclic) bond motifs is 5. The highest BCUT2D eigenvalue weighted by molar-refractivity contribution is 6.06. The van der Waals surface area contributed by atoms with Crippen LogP contribution < -0.4 is 0 Å². The zero-order valence-electron chi connectivity index (χ0n) is 16.7. The molecule has 6 nitrogen and oxygen atoms in total. The van der Waals surface area contributed by atoms with Crippen LogP contribution >= 0.6 is 0 Å². The number of hydrogen-bond donors (Lipinski definition) is 0. The van der Waals surface area contributed by atoms with Gasteiger partial charge in [0.15, 0.2) is 11.2 Å². The van der Waals surface area contributed by atoms with Gasteiger partial charge in [-0.05, 0) is 60.7 Å². The van der Waals surface area contributed by atoms with Gasteiger partial charge in [0.05, 0.1) is 11.0 Å². The number of hydrogen-bond acceptors (Lipinski definition) is 6. The molecule has 150 valence electrons. The normalized spacial score (nSPS) is 11.8. The molecule has 0 aliphatic rings. The second-order valence-corrected chi connectivity index (χ2v) is 7.64. The van der Waals surface area contributed by atoms with Crippen LogP contribution in [-0.4, -0.2) is 20.2 Å². The average molecular weight is 414 g/mol. The van der Waals surface area contributed by atoms with Gasteiger partial charge in [-0.3, -0.25) is 0 Å². The van der Waals surface area contributed by atoms with Crippen LogP contribution in [0.3, 0.4) is 0 Å². The molecule has 0 N–H and O–H groups in total. The highest BCUT2D eigenvalue weighted by Crippen LogP contribution is 2.32. The predicted molar refractivity (Wildman–Crippen MR) is 123 cm³/mol. The highest BCUT2D eigenvalue weighted by atomic mass is 16.4. The van der Waals surface area contributed by atoms with Crippen LogP contribution in [0.15, 0.2) is 93.8 Å². The smallest absolute Gasteiger partial charge is 0.227 e. The molecule has 3 aromatic heterocycles. The van der Waals surface area contributed by atoms with Gasteiger partial charge >= 0.3 is 0 Å². The second-order valence-electron chi connectivity index (χ2n) is 7.64. The van der Waals surface area contributed by atoms with Crippen molar-refractivity contribution in [3.63, 3.8) is 0 Å². The van der Waals surface area contributed by atoms with E-state index in [0.717, 1.165) is 55.1 Å². The van der Waals surface area contributed by atoms with E-state index < -0.39 is 0 Å². The number of rotatable bonds is 2. The first-order valence-corrected chi connectivity index (χ1v) is 10.2. The molecule has 0 amide bonds. The molecule has 4 aromatic carbocycles. The van der Waals surface area contributed by atoms with Crippen LogP contribution in [0.5, 0.6) is 0 Å². The summed E-state index contributed by atoms with van der Waals surface area (Å²) in [7, 11) is 0. The maximum Gasteiger partial charge on any atom is 0.227 e. The molecular weight excluding hydrogens is 400 g/mol. The summed E-state index contributed by atoms with van der Waals surface area (Å²) in [5, 5.41) is 10.7. The lowest BCUT2D eigenvalue weighted by Crippen LogP contribution is -1.89. The lowest BCUT2D eigenvalue weighted by molar-refractivity contribution is 0.619. The minimum absolute atomic E-state index is 0.577. The van der Waals surface area contributed by atoms with E-state index in [2.05, 4.69) is 20.2 Å². The summed E-state index contributed by atoms with van der Waals surface area (Å²) < 4.78 is 11.9. The summed E-state index contributed by atoms with van der Waals surface area (Å²) in [4.78, 5) is 9.26. The lowest BCUT2D eigenvalue weighted by Gasteiger charge is -2.05. The molecule has 7 aromatic rings. The Labute approximate surface area is 181 Å². The van der Waals surface area contributed by atoms with Gasteiger partial charge in [0, 0.05) is 21.9 Å². The minimum Gasteiger partial charge on any atom is -0.436 e. The van der Waals surface area contributed by atoms with Gasteiger partial charge in [-0.15, -0.1) is 10.2 Å². The molecule has 3 heterocycles. The van der Waals surface area contributed by atoms with Gasteiger partial charge < -0.3 is 8.83 Å². The SMILES string of the molecule is c1ccc2oc(-c3ccc4nnc5ccc(-c6nc7ccccc7o6)cc5c4c3)nc2c1. The van der Waals surface area contributed by atoms with Crippen LogP contribution in [0.4, 0.5) is 0 Å². The topological polar surface area (TPSA) is 77.8 Å². The van der Waals surface area contributed by atoms with Crippen LogP contribution in [-0.2, 0) is 0 Å². The van der Waals surface area contributed by atoms with Crippen LogP contribution in [0, 0.1) is 0 Å². The third-order valence-electron chi connectivity index (χ3n) is 5.63. The van der Waals surface area contributed by atoms with E-state index in [1.165, 1.54) is 0 Å². The van der Waals surface area contributed by atoms with E-state index in [0.29, 0.717) is 11.8 Å². The third kappa shape index (κ3) is 2.60. The Morgan fingerprint density at radius 2 is 0.938 bits per heavy atom. The molecule has 0 spiro atoms. The Morgan fingerprint density at radius 3 is 1.41 bits per heavy atom. The van der Waals surface area contributed by atoms with Gasteiger partial charge in [0.25, 0.3) is 0 Å². The van der Waals surface area contributed by atoms with Crippen molar-refractivity contribution in [3.05, 3.63) is 84.9 Å². The summed E-state index contributed by atoms with van der Waals surface area (Å²) in [5.74, 6) is 1.15. The van der Waals surface area contributed by atoms with Crippen molar-refractivity contribution >= 4 is 44.0 Å². The van der Waals surface area contributed by atoms with Gasteiger partial charge in [0.1, 0.15) is 11.0 Å². The monoisotopic (exact) mass is 414 g/mol. The first-order chi connectivity index (χ1) is 15.8. The average Bonchev–Trinajstić information content (AvgIpc) is 3.48. The van der Waals surface area contributed by atoms with Gasteiger partial charge in [0.2, 0.25) is 11.8 Å². The first-order valence-electron chi connectivity index (χ1n) is 10.2. The first kappa shape index (κ1) is 17.1. The standard InChI is InChI=1S/C26H14N4O2/c1-3-7-23-21(5-1)27-25(31-23)15-9-11-19-17(13-15)18-14-16(10-12-20(18)30-29-19)26-28-22-6-2-4-8-24(22)32-26/h1-14H. The van der Waals surface area contributed by atoms with E-state index in [4.69, 9.17) is 8.83 Å². The molecule has 32 heavy (non-hydrogen) atoms. The van der Waals surface area contributed by atoms with Gasteiger partial charge in [-0.25, -0.2) is 9.97 Å². The number of oxazole rings is 2. The molecule has 0 saturated heterocycles. The van der Waals surface area contributed by atoms with Crippen molar-refractivity contribution in [2.45, 2.75) is 0 Å². The molecule has 0 unspecified atom stereocenters. The predicted octanol–water partition coefficient (Wildman–Crippen LogP) is 6.40. The maximum absolute atomic E-state index is 5.97. The van der Waals surface area contributed by atoms with Crippen molar-refractivity contribution in [1.29, 1.82) is 0 Å². The summed E-state index contributed by atoms with van der Waals surface area (Å²) >= 11 is 0. The Hall–Kier alpha value is -4.58. The molecule has 0 bridgehead atoms. The fourth-order valence-electron chi connectivity index (χ4n) is 4.04. The number of nitrogens with zero attached hydrogens (tertiary/aromatic N) is 4. The zero-order chi connectivity index (χ0) is 21.1. The van der Waals surface area contributed by atoms with Gasteiger partial charge in [-0.2, -0.15) is 0 Å². The van der Waals surface area contributed by atoms with Gasteiger partial charge in [-0.1, -0.05) is 24.3 Å². The zero-order valence-corrected chi connectivity index (χ0v) is 16.7. The Morgan fingerprint density at radius 1 is 0.469 bits per heavy atom. The Bertz CT molecular complexity index is 1600. The molecule has 0 radical (unpaired) electrons. The van der Waals surface area contributed by atoms with E-state index in [-0.39, 0.29) is 0 Å². The van der Waals surface area contributed by atoms with Crippen molar-refractivity contribution < 1.29 is 8.83 Å². The molecule has 0 atom stereocenters. The summed E-state index contributed by atoms with van der Waals surface area (Å²) in [6.45, 7) is 0. The van der Waals surface area contributed by atoms with Crippen LogP contribution in [0.25, 0.3) is 66.9 Å². The van der Waals surface area contributed by atoms with E-state index in [1.54, 1.807) is 0 Å². The molecule has 0 saturated carbocycles. The highest BCUT2D eigenvalue weighted by Gasteiger charge is 2.13. The van der Waals surface area contributed by atoms with Crippen molar-refractivity contribution in [2.24, 2.45) is 0 Å². The molecular formula is C26H14N4O2. The number of benzene rings is 4. The molecule has 0 aliphatic heterocycles. The largest absolute Gasteiger partial charge is 0.436 e. The molecule has 7 rings (SSSR count). The quantitative estimate of drug-likeness (QED) is 0.305. The maximum atomic E-state index is 5.97. The summed E-state index contributed by atoms with van der Waals surface area (Å²) in [6.07, 6.45) is 0. The molecule has 0 fully saturated rings. The summed E-state index contributed by atoms with van der Waals surface area (Å²) in [5.41, 5.74) is 6.55. The lowest BCUT2D eigenvalue weighted by atomic mass is 10.0. The number of aromatic nitrogens is 4. The number of para-hydroxylation sites is 4. The second kappa shape index (κ2) is 6.46. The fourth-order valence-corrected chi connectivity index (χ4v) is 4.04. The Kier molecular flexibility index (Phi) is 3.46. The summed E-state index contributed by atoms with van der Waals surface area (Å²) in [6, 6.07) is 27.4. The van der Waals surface area contributed by atoms with E-state index in [9.17, 15) is 0 Å². The Balaban J connectivity index is 1.43. The van der Waals surface area contributed by atoms with E-state index >= 15 is 0 Å². The molecule has 0 aliphatic carbocycles. The minimum atomic E-state index is 0.577. The van der Waals surface area contributed by atoms with E-state index in [1.807, 2.05) is 84.9 Å². The molecule has 6 heteroatoms.